The third kappa shape index (κ3) is 6.75. The number of alkyl carbamates (subject to hydrolysis) is 1. The molecule has 2 atom stereocenters. The molecule has 2 amide bonds. The van der Waals surface area contributed by atoms with E-state index in [9.17, 15) is 9.59 Å². The highest BCUT2D eigenvalue weighted by atomic mass is 32.1. The predicted molar refractivity (Wildman–Crippen MR) is 138 cm³/mol. The van der Waals surface area contributed by atoms with E-state index in [1.807, 2.05) is 20.8 Å². The lowest BCUT2D eigenvalue weighted by Crippen LogP contribution is -2.49. The smallest absolute Gasteiger partial charge is 0.407 e. The molecule has 3 fully saturated rings. The molecular weight excluding hydrogens is 446 g/mol. The molecule has 0 aromatic carbocycles. The minimum absolute atomic E-state index is 0.272. The lowest BCUT2D eigenvalue weighted by molar-refractivity contribution is 0.0390. The first-order valence-electron chi connectivity index (χ1n) is 13.4. The van der Waals surface area contributed by atoms with Gasteiger partial charge in [-0.15, -0.1) is 11.3 Å². The van der Waals surface area contributed by atoms with Gasteiger partial charge in [-0.1, -0.05) is 12.8 Å². The second kappa shape index (κ2) is 11.4. The van der Waals surface area contributed by atoms with Crippen LogP contribution in [0.15, 0.2) is 11.4 Å². The summed E-state index contributed by atoms with van der Waals surface area (Å²) in [5.41, 5.74) is 0.464. The van der Waals surface area contributed by atoms with E-state index < -0.39 is 5.60 Å². The number of likely N-dealkylation sites (tertiary alicyclic amines) is 2. The molecule has 1 N–H and O–H groups in total. The second-order valence-electron chi connectivity index (χ2n) is 11.4. The molecule has 6 nitrogen and oxygen atoms in total. The van der Waals surface area contributed by atoms with Crippen molar-refractivity contribution in [2.24, 2.45) is 5.92 Å². The Bertz CT molecular complexity index is 823. The third-order valence-corrected chi connectivity index (χ3v) is 8.78. The van der Waals surface area contributed by atoms with Crippen molar-refractivity contribution in [3.63, 3.8) is 0 Å². The fourth-order valence-corrected chi connectivity index (χ4v) is 7.03. The zero-order valence-electron chi connectivity index (χ0n) is 21.3. The zero-order valence-corrected chi connectivity index (χ0v) is 22.1. The molecule has 1 saturated carbocycles. The van der Waals surface area contributed by atoms with Gasteiger partial charge in [-0.3, -0.25) is 4.79 Å². The van der Waals surface area contributed by atoms with Gasteiger partial charge in [-0.25, -0.2) is 4.79 Å². The van der Waals surface area contributed by atoms with E-state index >= 15 is 0 Å². The molecule has 1 aromatic rings. The molecule has 1 aromatic heterocycles. The number of carbonyl (C=O) groups excluding carboxylic acids is 2. The molecule has 0 radical (unpaired) electrons. The summed E-state index contributed by atoms with van der Waals surface area (Å²) in [6.07, 6.45) is 10.5. The number of rotatable bonds is 6. The van der Waals surface area contributed by atoms with Crippen molar-refractivity contribution in [2.45, 2.75) is 96.1 Å². The van der Waals surface area contributed by atoms with Crippen LogP contribution in [0.4, 0.5) is 4.79 Å². The molecule has 2 aliphatic heterocycles. The van der Waals surface area contributed by atoms with Crippen LogP contribution in [0.5, 0.6) is 0 Å². The van der Waals surface area contributed by atoms with E-state index in [-0.39, 0.29) is 12.0 Å². The second-order valence-corrected chi connectivity index (χ2v) is 12.3. The number of hydrogen-bond donors (Lipinski definition) is 1. The van der Waals surface area contributed by atoms with Gasteiger partial charge in [0.15, 0.2) is 0 Å². The third-order valence-electron chi connectivity index (χ3n) is 7.68. The Morgan fingerprint density at radius 3 is 2.56 bits per heavy atom. The van der Waals surface area contributed by atoms with Crippen molar-refractivity contribution in [1.29, 1.82) is 0 Å². The largest absolute Gasteiger partial charge is 0.444 e. The number of carbonyl (C=O) groups is 2. The van der Waals surface area contributed by atoms with Crippen LogP contribution in [-0.4, -0.2) is 66.2 Å². The lowest BCUT2D eigenvalue weighted by atomic mass is 9.78. The summed E-state index contributed by atoms with van der Waals surface area (Å²) < 4.78 is 5.29. The number of amides is 2. The highest BCUT2D eigenvalue weighted by Gasteiger charge is 2.36. The van der Waals surface area contributed by atoms with Crippen LogP contribution in [0.3, 0.4) is 0 Å². The highest BCUT2D eigenvalue weighted by molar-refractivity contribution is 7.10. The number of nitrogens with zero attached hydrogens (tertiary/aromatic N) is 2. The topological polar surface area (TPSA) is 61.9 Å². The molecule has 0 unspecified atom stereocenters. The first-order chi connectivity index (χ1) is 16.3. The molecule has 0 bridgehead atoms. The van der Waals surface area contributed by atoms with E-state index in [0.29, 0.717) is 18.5 Å². The lowest BCUT2D eigenvalue weighted by Gasteiger charge is -2.44. The summed E-state index contributed by atoms with van der Waals surface area (Å²) in [5, 5.41) is 4.96. The fourth-order valence-electron chi connectivity index (χ4n) is 5.97. The van der Waals surface area contributed by atoms with Crippen molar-refractivity contribution in [2.75, 3.05) is 32.7 Å². The van der Waals surface area contributed by atoms with Crippen molar-refractivity contribution < 1.29 is 14.3 Å². The van der Waals surface area contributed by atoms with Gasteiger partial charge in [0.25, 0.3) is 5.91 Å². The van der Waals surface area contributed by atoms with Crippen LogP contribution >= 0.6 is 11.3 Å². The van der Waals surface area contributed by atoms with Crippen molar-refractivity contribution in [3.8, 4) is 0 Å². The number of piperidine rings is 2. The summed E-state index contributed by atoms with van der Waals surface area (Å²) >= 11 is 1.78. The Balaban J connectivity index is 1.20. The molecule has 3 aliphatic rings. The monoisotopic (exact) mass is 489 g/mol. The van der Waals surface area contributed by atoms with Crippen molar-refractivity contribution in [1.82, 2.24) is 15.1 Å². The van der Waals surface area contributed by atoms with E-state index in [1.54, 1.807) is 11.3 Å². The normalized spacial score (nSPS) is 24.5. The maximum atomic E-state index is 13.4. The van der Waals surface area contributed by atoms with Gasteiger partial charge in [0.1, 0.15) is 5.60 Å². The zero-order chi connectivity index (χ0) is 24.1. The summed E-state index contributed by atoms with van der Waals surface area (Å²) in [6.45, 7) is 10.4. The molecule has 3 heterocycles. The summed E-state index contributed by atoms with van der Waals surface area (Å²) in [5.74, 6) is 1.56. The van der Waals surface area contributed by atoms with Gasteiger partial charge >= 0.3 is 6.09 Å². The Labute approximate surface area is 209 Å². The molecule has 1 aliphatic carbocycles. The minimum atomic E-state index is -0.454. The molecule has 2 saturated heterocycles. The van der Waals surface area contributed by atoms with E-state index in [0.717, 1.165) is 63.3 Å². The van der Waals surface area contributed by atoms with Gasteiger partial charge in [0, 0.05) is 29.4 Å². The number of ether oxygens (including phenoxy) is 1. The van der Waals surface area contributed by atoms with E-state index in [1.165, 1.54) is 37.0 Å². The first kappa shape index (κ1) is 25.5. The molecule has 190 valence electrons. The van der Waals surface area contributed by atoms with Gasteiger partial charge in [-0.05, 0) is 103 Å². The predicted octanol–water partition coefficient (Wildman–Crippen LogP) is 5.64. The number of hydrogen-bond acceptors (Lipinski definition) is 5. The highest BCUT2D eigenvalue weighted by Crippen LogP contribution is 2.37. The Kier molecular flexibility index (Phi) is 8.57. The standard InChI is InChI=1S/C27H43N3O3S/c1-27(2,3)33-26(32)28-13-7-14-29-16-11-21(12-17-29)24-18-22(19-34-24)25(31)30-15-6-9-20-8-4-5-10-23(20)30/h18-21,23H,4-17H2,1-3H3,(H,28,32)/t20-,23-/m1/s1. The number of thiophene rings is 1. The minimum Gasteiger partial charge on any atom is -0.444 e. The van der Waals surface area contributed by atoms with Crippen molar-refractivity contribution in [3.05, 3.63) is 21.9 Å². The number of nitrogens with one attached hydrogen (secondary N) is 1. The van der Waals surface area contributed by atoms with Crippen LogP contribution in [0.2, 0.25) is 0 Å². The van der Waals surface area contributed by atoms with Crippen LogP contribution in [0.1, 0.15) is 99.7 Å². The maximum Gasteiger partial charge on any atom is 0.407 e. The van der Waals surface area contributed by atoms with Crippen molar-refractivity contribution >= 4 is 23.3 Å². The quantitative estimate of drug-likeness (QED) is 0.526. The van der Waals surface area contributed by atoms with Crippen LogP contribution in [0.25, 0.3) is 0 Å². The average molecular weight is 490 g/mol. The fraction of sp³-hybridized carbons (Fsp3) is 0.778. The van der Waals surface area contributed by atoms with Gasteiger partial charge in [0.2, 0.25) is 0 Å². The Morgan fingerprint density at radius 2 is 1.79 bits per heavy atom. The SMILES string of the molecule is CC(C)(C)OC(=O)NCCCN1CCC(c2cc(C(=O)N3CCC[C@H]4CCCC[C@H]43)cs2)CC1. The van der Waals surface area contributed by atoms with Gasteiger partial charge in [0.05, 0.1) is 5.56 Å². The first-order valence-corrected chi connectivity index (χ1v) is 14.3. The van der Waals surface area contributed by atoms with E-state index in [2.05, 4.69) is 26.6 Å². The van der Waals surface area contributed by atoms with Gasteiger partial charge < -0.3 is 19.9 Å². The molecular formula is C27H43N3O3S. The summed E-state index contributed by atoms with van der Waals surface area (Å²) in [4.78, 5) is 31.2. The van der Waals surface area contributed by atoms with Gasteiger partial charge in [-0.2, -0.15) is 0 Å². The average Bonchev–Trinajstić information content (AvgIpc) is 3.31. The molecule has 0 spiro atoms. The number of fused-ring (bicyclic) bond motifs is 1. The Hall–Kier alpha value is -1.60. The van der Waals surface area contributed by atoms with Crippen LogP contribution in [0, 0.1) is 5.92 Å². The maximum absolute atomic E-state index is 13.4. The summed E-state index contributed by atoms with van der Waals surface area (Å²) in [6, 6.07) is 2.68. The molecule has 7 heteroatoms. The molecule has 34 heavy (non-hydrogen) atoms. The van der Waals surface area contributed by atoms with Crippen LogP contribution in [-0.2, 0) is 4.74 Å². The Morgan fingerprint density at radius 1 is 1.06 bits per heavy atom. The summed E-state index contributed by atoms with van der Waals surface area (Å²) in [7, 11) is 0. The van der Waals surface area contributed by atoms with Crippen LogP contribution < -0.4 is 5.32 Å². The molecule has 4 rings (SSSR count). The van der Waals surface area contributed by atoms with E-state index in [4.69, 9.17) is 4.74 Å².